The van der Waals surface area contributed by atoms with Crippen molar-refractivity contribution < 1.29 is 13.5 Å². The smallest absolute Gasteiger partial charge is 0.129 e. The van der Waals surface area contributed by atoms with Gasteiger partial charge in [-0.1, -0.05) is 20.4 Å². The standard InChI is InChI=1S/C21H28F2N4O.C2H6/c1-3-26-12-27(10-13(2)25-21(26)14-4-5-14)16-9-19(24)20(28-11-16)17-8-15(22)6-7-18(17)23;1-2/h6-8,14,16,19-20H,2-5,9-12,24H2,1H3;1-2H3/t16?,19?,20-;/m1./s1. The van der Waals surface area contributed by atoms with Gasteiger partial charge in [0.2, 0.25) is 0 Å². The fraction of sp³-hybridized carbons (Fsp3) is 0.609. The van der Waals surface area contributed by atoms with Gasteiger partial charge in [-0.05, 0) is 44.4 Å². The molecule has 1 saturated carbocycles. The lowest BCUT2D eigenvalue weighted by molar-refractivity contribution is -0.0555. The van der Waals surface area contributed by atoms with Gasteiger partial charge >= 0.3 is 0 Å². The van der Waals surface area contributed by atoms with Crippen LogP contribution in [-0.4, -0.2) is 54.1 Å². The van der Waals surface area contributed by atoms with Crippen LogP contribution >= 0.6 is 0 Å². The van der Waals surface area contributed by atoms with Crippen LogP contribution in [-0.2, 0) is 4.74 Å². The Kier molecular flexibility index (Phi) is 7.60. The minimum Gasteiger partial charge on any atom is -0.370 e. The van der Waals surface area contributed by atoms with E-state index in [2.05, 4.69) is 23.3 Å². The number of nitrogens with two attached hydrogens (primary N) is 1. The molecule has 1 aromatic rings. The maximum absolute atomic E-state index is 14.2. The van der Waals surface area contributed by atoms with Crippen LogP contribution in [0.1, 0.15) is 51.7 Å². The minimum absolute atomic E-state index is 0.0856. The van der Waals surface area contributed by atoms with Gasteiger partial charge in [0.15, 0.2) is 0 Å². The Hall–Kier alpha value is -1.83. The first-order valence-corrected chi connectivity index (χ1v) is 11.0. The third-order valence-electron chi connectivity index (χ3n) is 5.84. The second-order valence-electron chi connectivity index (χ2n) is 8.03. The average molecular weight is 421 g/mol. The van der Waals surface area contributed by atoms with Crippen molar-refractivity contribution in [2.45, 2.75) is 58.2 Å². The third kappa shape index (κ3) is 5.07. The number of halogens is 2. The summed E-state index contributed by atoms with van der Waals surface area (Å²) in [5.41, 5.74) is 7.39. The van der Waals surface area contributed by atoms with Crippen molar-refractivity contribution >= 4 is 5.84 Å². The van der Waals surface area contributed by atoms with E-state index in [-0.39, 0.29) is 11.6 Å². The van der Waals surface area contributed by atoms with Gasteiger partial charge in [0.1, 0.15) is 23.6 Å². The van der Waals surface area contributed by atoms with Crippen LogP contribution in [0.5, 0.6) is 0 Å². The third-order valence-corrected chi connectivity index (χ3v) is 5.84. The van der Waals surface area contributed by atoms with Gasteiger partial charge in [-0.2, -0.15) is 0 Å². The number of aliphatic imine (C=N–C) groups is 1. The molecule has 0 spiro atoms. The van der Waals surface area contributed by atoms with Crippen molar-refractivity contribution in [1.29, 1.82) is 0 Å². The summed E-state index contributed by atoms with van der Waals surface area (Å²) >= 11 is 0. The second kappa shape index (κ2) is 9.98. The molecule has 166 valence electrons. The summed E-state index contributed by atoms with van der Waals surface area (Å²) in [7, 11) is 0. The van der Waals surface area contributed by atoms with E-state index in [0.29, 0.717) is 25.5 Å². The molecule has 30 heavy (non-hydrogen) atoms. The summed E-state index contributed by atoms with van der Waals surface area (Å²) in [5, 5.41) is 0. The first-order valence-electron chi connectivity index (χ1n) is 11.0. The van der Waals surface area contributed by atoms with E-state index in [4.69, 9.17) is 15.5 Å². The fourth-order valence-corrected chi connectivity index (χ4v) is 4.19. The molecule has 4 rings (SSSR count). The zero-order valence-corrected chi connectivity index (χ0v) is 18.3. The molecule has 7 heteroatoms. The van der Waals surface area contributed by atoms with E-state index >= 15 is 0 Å². The van der Waals surface area contributed by atoms with Crippen LogP contribution in [0.25, 0.3) is 0 Å². The second-order valence-corrected chi connectivity index (χ2v) is 8.03. The SMILES string of the molecule is C=C1CN(C2CO[C@H](c3cc(F)ccc3F)C(N)C2)CN(CC)C(C2CC2)=N1.CC. The topological polar surface area (TPSA) is 54.1 Å². The highest BCUT2D eigenvalue weighted by Gasteiger charge is 2.38. The first-order chi connectivity index (χ1) is 14.5. The first kappa shape index (κ1) is 22.8. The van der Waals surface area contributed by atoms with Crippen molar-refractivity contribution in [2.24, 2.45) is 16.6 Å². The van der Waals surface area contributed by atoms with Gasteiger partial charge in [0, 0.05) is 42.4 Å². The highest BCUT2D eigenvalue weighted by Crippen LogP contribution is 2.35. The van der Waals surface area contributed by atoms with Gasteiger partial charge < -0.3 is 15.4 Å². The van der Waals surface area contributed by atoms with E-state index < -0.39 is 23.8 Å². The summed E-state index contributed by atoms with van der Waals surface area (Å²) in [6.45, 7) is 13.0. The normalized spacial score (nSPS) is 27.8. The molecule has 1 saturated heterocycles. The van der Waals surface area contributed by atoms with Gasteiger partial charge in [0.25, 0.3) is 0 Å². The monoisotopic (exact) mass is 420 g/mol. The average Bonchev–Trinajstić information content (AvgIpc) is 3.58. The molecule has 1 aromatic carbocycles. The number of benzene rings is 1. The van der Waals surface area contributed by atoms with Crippen LogP contribution in [0, 0.1) is 17.6 Å². The molecule has 3 atom stereocenters. The number of amidine groups is 1. The van der Waals surface area contributed by atoms with Gasteiger partial charge in [-0.3, -0.25) is 4.90 Å². The molecular formula is C23H34F2N4O. The summed E-state index contributed by atoms with van der Waals surface area (Å²) in [6, 6.07) is 3.09. The molecule has 2 heterocycles. The van der Waals surface area contributed by atoms with Crippen LogP contribution in [0.2, 0.25) is 0 Å². The van der Waals surface area contributed by atoms with Gasteiger partial charge in [0.05, 0.1) is 13.3 Å². The molecule has 2 N–H and O–H groups in total. The number of hydrogen-bond acceptors (Lipinski definition) is 5. The molecule has 3 aliphatic rings. The lowest BCUT2D eigenvalue weighted by Crippen LogP contribution is -2.52. The lowest BCUT2D eigenvalue weighted by Gasteiger charge is -2.41. The molecule has 2 fully saturated rings. The Bertz CT molecular complexity index is 780. The highest BCUT2D eigenvalue weighted by molar-refractivity contribution is 5.87. The van der Waals surface area contributed by atoms with Crippen molar-refractivity contribution in [3.8, 4) is 0 Å². The summed E-state index contributed by atoms with van der Waals surface area (Å²) in [5.74, 6) is 0.738. The van der Waals surface area contributed by atoms with Crippen molar-refractivity contribution in [2.75, 3.05) is 26.4 Å². The Morgan fingerprint density at radius 3 is 2.63 bits per heavy atom. The van der Waals surface area contributed by atoms with Crippen LogP contribution in [0.3, 0.4) is 0 Å². The van der Waals surface area contributed by atoms with E-state index in [0.717, 1.165) is 36.9 Å². The number of hydrogen-bond donors (Lipinski definition) is 1. The summed E-state index contributed by atoms with van der Waals surface area (Å²) in [4.78, 5) is 9.38. The Labute approximate surface area is 178 Å². The van der Waals surface area contributed by atoms with Gasteiger partial charge in [-0.25, -0.2) is 13.8 Å². The molecule has 2 aliphatic heterocycles. The highest BCUT2D eigenvalue weighted by atomic mass is 19.1. The zero-order valence-electron chi connectivity index (χ0n) is 18.3. The minimum atomic E-state index is -0.636. The molecule has 2 unspecified atom stereocenters. The molecule has 0 bridgehead atoms. The van der Waals surface area contributed by atoms with Crippen molar-refractivity contribution in [3.63, 3.8) is 0 Å². The Balaban J connectivity index is 0.00000124. The predicted molar refractivity (Wildman–Crippen MR) is 116 cm³/mol. The molecule has 0 amide bonds. The summed E-state index contributed by atoms with van der Waals surface area (Å²) < 4.78 is 33.7. The van der Waals surface area contributed by atoms with Crippen LogP contribution < -0.4 is 5.73 Å². The van der Waals surface area contributed by atoms with E-state index in [1.807, 2.05) is 13.8 Å². The number of ether oxygens (including phenoxy) is 1. The van der Waals surface area contributed by atoms with E-state index in [1.54, 1.807) is 0 Å². The quantitative estimate of drug-likeness (QED) is 0.798. The Morgan fingerprint density at radius 2 is 2.00 bits per heavy atom. The molecule has 0 aromatic heterocycles. The molecule has 5 nitrogen and oxygen atoms in total. The van der Waals surface area contributed by atoms with Crippen LogP contribution in [0.4, 0.5) is 8.78 Å². The van der Waals surface area contributed by atoms with E-state index in [1.165, 1.54) is 18.9 Å². The Morgan fingerprint density at radius 1 is 1.27 bits per heavy atom. The molecular weight excluding hydrogens is 386 g/mol. The zero-order chi connectivity index (χ0) is 21.8. The lowest BCUT2D eigenvalue weighted by atomic mass is 9.93. The maximum atomic E-state index is 14.2. The number of rotatable bonds is 4. The maximum Gasteiger partial charge on any atom is 0.129 e. The largest absolute Gasteiger partial charge is 0.370 e. The summed E-state index contributed by atoms with van der Waals surface area (Å²) in [6.07, 6.45) is 2.40. The van der Waals surface area contributed by atoms with Crippen molar-refractivity contribution in [3.05, 3.63) is 47.7 Å². The molecule has 0 radical (unpaired) electrons. The molecule has 1 aliphatic carbocycles. The van der Waals surface area contributed by atoms with Crippen LogP contribution in [0.15, 0.2) is 35.5 Å². The van der Waals surface area contributed by atoms with Crippen molar-refractivity contribution in [1.82, 2.24) is 9.80 Å². The van der Waals surface area contributed by atoms with Gasteiger partial charge in [-0.15, -0.1) is 0 Å². The van der Waals surface area contributed by atoms with E-state index in [9.17, 15) is 8.78 Å². The fourth-order valence-electron chi connectivity index (χ4n) is 4.19. The number of nitrogens with zero attached hydrogens (tertiary/aromatic N) is 3. The predicted octanol–water partition coefficient (Wildman–Crippen LogP) is 4.07.